The van der Waals surface area contributed by atoms with E-state index in [-0.39, 0.29) is 5.69 Å². The number of aromatic nitrogens is 1. The predicted molar refractivity (Wildman–Crippen MR) is 128 cm³/mol. The number of carbonyl (C=O) groups excluding carboxylic acids is 1. The van der Waals surface area contributed by atoms with Crippen molar-refractivity contribution in [2.45, 2.75) is 50.9 Å². The maximum atomic E-state index is 12.4. The first-order valence-corrected chi connectivity index (χ1v) is 11.1. The first kappa shape index (κ1) is 23.4. The summed E-state index contributed by atoms with van der Waals surface area (Å²) >= 11 is 0. The van der Waals surface area contributed by atoms with Gasteiger partial charge < -0.3 is 15.2 Å². The first-order valence-electron chi connectivity index (χ1n) is 11.1. The van der Waals surface area contributed by atoms with Crippen LogP contribution in [0.4, 0.5) is 10.5 Å². The van der Waals surface area contributed by atoms with Crippen LogP contribution in [0, 0.1) is 10.1 Å². The Hall–Kier alpha value is -3.78. The van der Waals surface area contributed by atoms with Crippen molar-refractivity contribution in [3.63, 3.8) is 0 Å². The zero-order valence-corrected chi connectivity index (χ0v) is 19.3. The van der Waals surface area contributed by atoms with Gasteiger partial charge in [0.2, 0.25) is 0 Å². The van der Waals surface area contributed by atoms with Crippen molar-refractivity contribution >= 4 is 11.8 Å². The number of nitrogens with one attached hydrogen (secondary N) is 1. The molecule has 1 amide bonds. The number of rotatable bonds is 5. The van der Waals surface area contributed by atoms with Crippen molar-refractivity contribution in [2.75, 3.05) is 0 Å². The molecule has 1 heterocycles. The highest BCUT2D eigenvalue weighted by Crippen LogP contribution is 2.43. The van der Waals surface area contributed by atoms with Gasteiger partial charge in [0.1, 0.15) is 11.8 Å². The summed E-state index contributed by atoms with van der Waals surface area (Å²) in [6, 6.07) is 18.4. The Bertz CT molecular complexity index is 1200. The SMILES string of the molecule is CC(C)(C)OC(=O)NC1(c2ccc(-c3ncc([N+](=O)[O-])cc3-c3ccccc3)cc2)CC(O)C1. The Labute approximate surface area is 197 Å². The molecule has 8 nitrogen and oxygen atoms in total. The molecule has 0 atom stereocenters. The number of amides is 1. The molecule has 1 aromatic heterocycles. The minimum Gasteiger partial charge on any atom is -0.444 e. The second-order valence-corrected chi connectivity index (χ2v) is 9.56. The molecule has 1 fully saturated rings. The van der Waals surface area contributed by atoms with Gasteiger partial charge in [0, 0.05) is 30.0 Å². The number of nitro groups is 1. The summed E-state index contributed by atoms with van der Waals surface area (Å²) in [6.07, 6.45) is 0.985. The van der Waals surface area contributed by atoms with E-state index in [1.165, 1.54) is 12.3 Å². The summed E-state index contributed by atoms with van der Waals surface area (Å²) in [7, 11) is 0. The molecular weight excluding hydrogens is 434 g/mol. The highest BCUT2D eigenvalue weighted by atomic mass is 16.6. The molecule has 1 saturated carbocycles. The molecule has 2 N–H and O–H groups in total. The van der Waals surface area contributed by atoms with Gasteiger partial charge in [-0.2, -0.15) is 0 Å². The van der Waals surface area contributed by atoms with Gasteiger partial charge in [-0.1, -0.05) is 54.6 Å². The topological polar surface area (TPSA) is 115 Å². The van der Waals surface area contributed by atoms with Crippen LogP contribution >= 0.6 is 0 Å². The third-order valence-corrected chi connectivity index (χ3v) is 5.79. The summed E-state index contributed by atoms with van der Waals surface area (Å²) in [4.78, 5) is 27.7. The number of alkyl carbamates (subject to hydrolysis) is 1. The lowest BCUT2D eigenvalue weighted by Gasteiger charge is -2.46. The zero-order valence-electron chi connectivity index (χ0n) is 19.3. The van der Waals surface area contributed by atoms with E-state index >= 15 is 0 Å². The van der Waals surface area contributed by atoms with Crippen LogP contribution in [0.3, 0.4) is 0 Å². The Morgan fingerprint density at radius 3 is 2.32 bits per heavy atom. The highest BCUT2D eigenvalue weighted by molar-refractivity contribution is 5.82. The fraction of sp³-hybridized carbons (Fsp3) is 0.308. The van der Waals surface area contributed by atoms with E-state index in [4.69, 9.17) is 4.74 Å². The monoisotopic (exact) mass is 461 g/mol. The van der Waals surface area contributed by atoms with Gasteiger partial charge in [-0.05, 0) is 31.9 Å². The van der Waals surface area contributed by atoms with Crippen molar-refractivity contribution in [2.24, 2.45) is 0 Å². The fourth-order valence-electron chi connectivity index (χ4n) is 4.22. The molecule has 0 aliphatic heterocycles. The number of benzene rings is 2. The van der Waals surface area contributed by atoms with Gasteiger partial charge in [0.05, 0.1) is 22.3 Å². The number of nitrogens with zero attached hydrogens (tertiary/aromatic N) is 2. The smallest absolute Gasteiger partial charge is 0.408 e. The van der Waals surface area contributed by atoms with Crippen molar-refractivity contribution in [3.8, 4) is 22.4 Å². The minimum absolute atomic E-state index is 0.0804. The van der Waals surface area contributed by atoms with E-state index in [9.17, 15) is 20.0 Å². The number of pyridine rings is 1. The molecule has 2 aromatic carbocycles. The van der Waals surface area contributed by atoms with E-state index in [0.717, 1.165) is 16.7 Å². The average molecular weight is 462 g/mol. The lowest BCUT2D eigenvalue weighted by atomic mass is 9.69. The Kier molecular flexibility index (Phi) is 6.10. The second-order valence-electron chi connectivity index (χ2n) is 9.56. The second kappa shape index (κ2) is 8.87. The van der Waals surface area contributed by atoms with Crippen LogP contribution in [-0.4, -0.2) is 32.8 Å². The summed E-state index contributed by atoms with van der Waals surface area (Å²) in [5, 5.41) is 24.3. The Balaban J connectivity index is 1.67. The molecule has 3 aromatic rings. The van der Waals surface area contributed by atoms with E-state index in [1.54, 1.807) is 20.8 Å². The molecule has 0 unspecified atom stereocenters. The van der Waals surface area contributed by atoms with Crippen LogP contribution in [0.2, 0.25) is 0 Å². The molecule has 0 radical (unpaired) electrons. The molecular formula is C26H27N3O5. The molecule has 4 rings (SSSR count). The summed E-state index contributed by atoms with van der Waals surface area (Å²) in [5.74, 6) is 0. The molecule has 1 aliphatic carbocycles. The van der Waals surface area contributed by atoms with E-state index in [0.29, 0.717) is 24.1 Å². The van der Waals surface area contributed by atoms with Gasteiger partial charge in [-0.15, -0.1) is 0 Å². The number of aliphatic hydroxyl groups is 1. The van der Waals surface area contributed by atoms with E-state index in [1.807, 2.05) is 54.6 Å². The molecule has 0 bridgehead atoms. The third-order valence-electron chi connectivity index (χ3n) is 5.79. The lowest BCUT2D eigenvalue weighted by molar-refractivity contribution is -0.385. The van der Waals surface area contributed by atoms with E-state index < -0.39 is 28.3 Å². The van der Waals surface area contributed by atoms with Crippen LogP contribution < -0.4 is 5.32 Å². The van der Waals surface area contributed by atoms with Gasteiger partial charge in [-0.25, -0.2) is 9.78 Å². The average Bonchev–Trinajstić information content (AvgIpc) is 2.77. The largest absolute Gasteiger partial charge is 0.444 e. The van der Waals surface area contributed by atoms with Gasteiger partial charge >= 0.3 is 6.09 Å². The summed E-state index contributed by atoms with van der Waals surface area (Å²) in [5.41, 5.74) is 2.29. The minimum atomic E-state index is -0.717. The maximum Gasteiger partial charge on any atom is 0.408 e. The van der Waals surface area contributed by atoms with Crippen molar-refractivity contribution in [3.05, 3.63) is 82.5 Å². The van der Waals surface area contributed by atoms with Crippen molar-refractivity contribution < 1.29 is 19.6 Å². The summed E-state index contributed by atoms with van der Waals surface area (Å²) < 4.78 is 5.42. The molecule has 176 valence electrons. The number of hydrogen-bond acceptors (Lipinski definition) is 6. The van der Waals surface area contributed by atoms with Crippen LogP contribution in [-0.2, 0) is 10.3 Å². The number of ether oxygens (including phenoxy) is 1. The van der Waals surface area contributed by atoms with Crippen molar-refractivity contribution in [1.29, 1.82) is 0 Å². The Morgan fingerprint density at radius 2 is 1.76 bits per heavy atom. The Morgan fingerprint density at radius 1 is 1.12 bits per heavy atom. The molecule has 0 saturated heterocycles. The molecule has 8 heteroatoms. The highest BCUT2D eigenvalue weighted by Gasteiger charge is 2.46. The van der Waals surface area contributed by atoms with Crippen LogP contribution in [0.15, 0.2) is 66.9 Å². The fourth-order valence-corrected chi connectivity index (χ4v) is 4.22. The molecule has 0 spiro atoms. The third kappa shape index (κ3) is 4.92. The first-order chi connectivity index (χ1) is 16.1. The van der Waals surface area contributed by atoms with Gasteiger partial charge in [0.25, 0.3) is 5.69 Å². The van der Waals surface area contributed by atoms with E-state index in [2.05, 4.69) is 10.3 Å². The number of carbonyl (C=O) groups is 1. The maximum absolute atomic E-state index is 12.4. The quantitative estimate of drug-likeness (QED) is 0.399. The van der Waals surface area contributed by atoms with Gasteiger partial charge in [0.15, 0.2) is 0 Å². The molecule has 1 aliphatic rings. The standard InChI is InChI=1S/C26H27N3O5/c1-25(2,3)34-24(31)28-26(14-21(30)15-26)19-11-9-18(10-12-19)23-22(17-7-5-4-6-8-17)13-20(16-27-23)29(32)33/h4-13,16,21,30H,14-15H2,1-3H3,(H,28,31). The van der Waals surface area contributed by atoms with Gasteiger partial charge in [-0.3, -0.25) is 10.1 Å². The normalized spacial score (nSPS) is 19.7. The summed E-state index contributed by atoms with van der Waals surface area (Å²) in [6.45, 7) is 5.39. The van der Waals surface area contributed by atoms with Crippen LogP contribution in [0.5, 0.6) is 0 Å². The zero-order chi connectivity index (χ0) is 24.5. The van der Waals surface area contributed by atoms with Crippen molar-refractivity contribution in [1.82, 2.24) is 10.3 Å². The number of hydrogen-bond donors (Lipinski definition) is 2. The van der Waals surface area contributed by atoms with Crippen LogP contribution in [0.25, 0.3) is 22.4 Å². The molecule has 34 heavy (non-hydrogen) atoms. The lowest BCUT2D eigenvalue weighted by Crippen LogP contribution is -2.57. The number of aliphatic hydroxyl groups excluding tert-OH is 1. The predicted octanol–water partition coefficient (Wildman–Crippen LogP) is 5.20. The van der Waals surface area contributed by atoms with Crippen LogP contribution in [0.1, 0.15) is 39.2 Å².